The van der Waals surface area contributed by atoms with E-state index in [1.807, 2.05) is 49.4 Å². The van der Waals surface area contributed by atoms with E-state index in [0.717, 1.165) is 47.2 Å². The Balaban J connectivity index is 1.65. The third kappa shape index (κ3) is 4.83. The molecule has 0 saturated heterocycles. The highest BCUT2D eigenvalue weighted by Crippen LogP contribution is 2.38. The van der Waals surface area contributed by atoms with Gasteiger partial charge in [-0.1, -0.05) is 19.1 Å². The lowest BCUT2D eigenvalue weighted by molar-refractivity contribution is 0.108. The second kappa shape index (κ2) is 9.58. The van der Waals surface area contributed by atoms with Gasteiger partial charge in [-0.3, -0.25) is 5.32 Å². The molecule has 0 radical (unpaired) electrons. The third-order valence-electron chi connectivity index (χ3n) is 6.06. The second-order valence-electron chi connectivity index (χ2n) is 8.98. The number of amides is 1. The number of carbonyl (C=O) groups excluding carboxylic acids is 1. The van der Waals surface area contributed by atoms with Crippen LogP contribution in [0.2, 0.25) is 0 Å². The quantitative estimate of drug-likeness (QED) is 0.409. The van der Waals surface area contributed by atoms with Gasteiger partial charge in [0.15, 0.2) is 0 Å². The number of benzene rings is 2. The number of aromatic nitrogens is 1. The molecule has 0 aliphatic heterocycles. The van der Waals surface area contributed by atoms with Crippen LogP contribution >= 0.6 is 0 Å². The Morgan fingerprint density at radius 2 is 1.91 bits per heavy atom. The monoisotopic (exact) mass is 445 g/mol. The van der Waals surface area contributed by atoms with E-state index in [4.69, 9.17) is 9.47 Å². The van der Waals surface area contributed by atoms with Crippen molar-refractivity contribution >= 4 is 22.7 Å². The molecule has 3 aromatic rings. The largest absolute Gasteiger partial charge is 0.494 e. The molecule has 4 rings (SSSR count). The molecule has 1 aromatic heterocycles. The Hall–Kier alpha value is -3.46. The van der Waals surface area contributed by atoms with Crippen molar-refractivity contribution in [3.05, 3.63) is 48.0 Å². The van der Waals surface area contributed by atoms with Crippen molar-refractivity contribution in [3.63, 3.8) is 0 Å². The molecule has 1 aliphatic carbocycles. The van der Waals surface area contributed by atoms with E-state index >= 15 is 0 Å². The summed E-state index contributed by atoms with van der Waals surface area (Å²) in [6.45, 7) is 8.88. The Bertz CT molecular complexity index is 1180. The molecule has 6 heteroatoms. The Labute approximate surface area is 195 Å². The summed E-state index contributed by atoms with van der Waals surface area (Å²) >= 11 is 0. The van der Waals surface area contributed by atoms with Crippen LogP contribution in [0.5, 0.6) is 5.75 Å². The number of carbonyl (C=O) groups is 1. The lowest BCUT2D eigenvalue weighted by Gasteiger charge is -2.16. The van der Waals surface area contributed by atoms with Crippen molar-refractivity contribution in [2.45, 2.75) is 59.1 Å². The number of hydrogen-bond donors (Lipinski definition) is 1. The van der Waals surface area contributed by atoms with Gasteiger partial charge in [-0.05, 0) is 75.8 Å². The fourth-order valence-corrected chi connectivity index (χ4v) is 4.22. The van der Waals surface area contributed by atoms with Gasteiger partial charge >= 0.3 is 6.09 Å². The number of hydrogen-bond acceptors (Lipinski definition) is 4. The van der Waals surface area contributed by atoms with Crippen LogP contribution < -0.4 is 10.1 Å². The summed E-state index contributed by atoms with van der Waals surface area (Å²) in [4.78, 5) is 12.2. The lowest BCUT2D eigenvalue weighted by Crippen LogP contribution is -2.21. The van der Waals surface area contributed by atoms with Crippen molar-refractivity contribution in [2.75, 3.05) is 11.9 Å². The van der Waals surface area contributed by atoms with Crippen LogP contribution in [-0.2, 0) is 4.74 Å². The van der Waals surface area contributed by atoms with Gasteiger partial charge in [-0.15, -0.1) is 0 Å². The van der Waals surface area contributed by atoms with Gasteiger partial charge in [-0.25, -0.2) is 4.79 Å². The fraction of sp³-hybridized carbons (Fsp3) is 0.407. The van der Waals surface area contributed by atoms with Gasteiger partial charge < -0.3 is 14.0 Å². The van der Waals surface area contributed by atoms with E-state index in [9.17, 15) is 10.1 Å². The molecular formula is C27H31N3O3. The highest BCUT2D eigenvalue weighted by molar-refractivity contribution is 5.95. The van der Waals surface area contributed by atoms with Crippen LogP contribution in [0.3, 0.4) is 0 Å². The molecular weight excluding hydrogens is 414 g/mol. The van der Waals surface area contributed by atoms with Gasteiger partial charge in [0.1, 0.15) is 17.9 Å². The van der Waals surface area contributed by atoms with Crippen molar-refractivity contribution in [1.82, 2.24) is 4.57 Å². The zero-order valence-corrected chi connectivity index (χ0v) is 19.7. The van der Waals surface area contributed by atoms with Crippen molar-refractivity contribution in [1.29, 1.82) is 5.26 Å². The zero-order chi connectivity index (χ0) is 23.5. The normalized spacial score (nSPS) is 14.2. The van der Waals surface area contributed by atoms with Gasteiger partial charge in [0.2, 0.25) is 0 Å². The first kappa shape index (κ1) is 22.7. The number of fused-ring (bicyclic) bond motifs is 1. The van der Waals surface area contributed by atoms with Crippen LogP contribution in [0.15, 0.2) is 42.5 Å². The third-order valence-corrected chi connectivity index (χ3v) is 6.06. The molecule has 33 heavy (non-hydrogen) atoms. The predicted molar refractivity (Wildman–Crippen MR) is 131 cm³/mol. The van der Waals surface area contributed by atoms with E-state index in [-0.39, 0.29) is 12.1 Å². The van der Waals surface area contributed by atoms with Gasteiger partial charge in [0, 0.05) is 23.2 Å². The van der Waals surface area contributed by atoms with Crippen molar-refractivity contribution < 1.29 is 14.3 Å². The molecule has 6 nitrogen and oxygen atoms in total. The summed E-state index contributed by atoms with van der Waals surface area (Å²) < 4.78 is 13.5. The van der Waals surface area contributed by atoms with Crippen LogP contribution in [0, 0.1) is 17.2 Å². The highest BCUT2D eigenvalue weighted by atomic mass is 16.6. The molecule has 1 amide bonds. The molecule has 1 heterocycles. The second-order valence-corrected chi connectivity index (χ2v) is 8.98. The van der Waals surface area contributed by atoms with Gasteiger partial charge in [0.05, 0.1) is 23.4 Å². The topological polar surface area (TPSA) is 76.3 Å². The minimum atomic E-state index is -0.434. The predicted octanol–water partition coefficient (Wildman–Crippen LogP) is 6.90. The summed E-state index contributed by atoms with van der Waals surface area (Å²) in [6, 6.07) is 16.0. The number of nitriles is 1. The SMILES string of the molecule is CCCOc1ccc2c(C#N)c(-c3ccc(NC(=O)O[C@H](C)C4CC4)cc3)n(C(C)C)c2c1. The summed E-state index contributed by atoms with van der Waals surface area (Å²) in [7, 11) is 0. The van der Waals surface area contributed by atoms with Gasteiger partial charge in [-0.2, -0.15) is 5.26 Å². The van der Waals surface area contributed by atoms with Gasteiger partial charge in [0.25, 0.3) is 0 Å². The Kier molecular flexibility index (Phi) is 6.60. The maximum Gasteiger partial charge on any atom is 0.411 e. The average Bonchev–Trinajstić information content (AvgIpc) is 3.59. The summed E-state index contributed by atoms with van der Waals surface area (Å²) in [5.41, 5.74) is 4.06. The van der Waals surface area contributed by atoms with Crippen molar-refractivity contribution in [3.8, 4) is 23.1 Å². The van der Waals surface area contributed by atoms with E-state index in [1.54, 1.807) is 0 Å². The van der Waals surface area contributed by atoms with E-state index in [0.29, 0.717) is 23.8 Å². The Morgan fingerprint density at radius 1 is 1.18 bits per heavy atom. The average molecular weight is 446 g/mol. The fourth-order valence-electron chi connectivity index (χ4n) is 4.22. The van der Waals surface area contributed by atoms with Crippen LogP contribution in [-0.4, -0.2) is 23.4 Å². The molecule has 1 fully saturated rings. The zero-order valence-electron chi connectivity index (χ0n) is 19.7. The molecule has 172 valence electrons. The number of ether oxygens (including phenoxy) is 2. The minimum absolute atomic E-state index is 0.0598. The standard InChI is InChI=1S/C27H31N3O3/c1-5-14-32-22-12-13-23-24(16-28)26(30(17(2)3)25(23)15-22)20-8-10-21(11-9-20)29-27(31)33-18(4)19-6-7-19/h8-13,15,17-19H,5-7,14H2,1-4H3,(H,29,31)/t18-/m1/s1. The maximum absolute atomic E-state index is 12.2. The van der Waals surface area contributed by atoms with Crippen LogP contribution in [0.4, 0.5) is 10.5 Å². The summed E-state index contributed by atoms with van der Waals surface area (Å²) in [5, 5.41) is 13.7. The lowest BCUT2D eigenvalue weighted by atomic mass is 10.1. The first-order valence-corrected chi connectivity index (χ1v) is 11.7. The summed E-state index contributed by atoms with van der Waals surface area (Å²) in [5.74, 6) is 1.30. The molecule has 0 bridgehead atoms. The van der Waals surface area contributed by atoms with E-state index in [2.05, 4.69) is 36.7 Å². The van der Waals surface area contributed by atoms with E-state index in [1.165, 1.54) is 0 Å². The number of anilines is 1. The highest BCUT2D eigenvalue weighted by Gasteiger charge is 2.30. The number of rotatable bonds is 8. The molecule has 0 unspecified atom stereocenters. The van der Waals surface area contributed by atoms with Crippen LogP contribution in [0.25, 0.3) is 22.2 Å². The number of nitrogens with zero attached hydrogens (tertiary/aromatic N) is 2. The molecule has 0 spiro atoms. The smallest absolute Gasteiger partial charge is 0.411 e. The molecule has 1 atom stereocenters. The van der Waals surface area contributed by atoms with Crippen molar-refractivity contribution in [2.24, 2.45) is 5.92 Å². The molecule has 1 aliphatic rings. The molecule has 1 saturated carbocycles. The summed E-state index contributed by atoms with van der Waals surface area (Å²) in [6.07, 6.45) is 2.69. The van der Waals surface area contributed by atoms with Crippen LogP contribution in [0.1, 0.15) is 58.6 Å². The first-order valence-electron chi connectivity index (χ1n) is 11.7. The maximum atomic E-state index is 12.2. The molecule has 1 N–H and O–H groups in total. The Morgan fingerprint density at radius 3 is 2.52 bits per heavy atom. The number of nitrogens with one attached hydrogen (secondary N) is 1. The minimum Gasteiger partial charge on any atom is -0.494 e. The first-order chi connectivity index (χ1) is 15.9. The van der Waals surface area contributed by atoms with E-state index < -0.39 is 6.09 Å². The molecule has 2 aromatic carbocycles.